The molecular formula is C27H23F2O5P. The number of furan rings is 1. The molecule has 0 radical (unpaired) electrons. The molecule has 3 aromatic carbocycles. The molecule has 1 atom stereocenters. The molecular weight excluding hydrogens is 473 g/mol. The van der Waals surface area contributed by atoms with Gasteiger partial charge < -0.3 is 18.9 Å². The first-order chi connectivity index (χ1) is 16.6. The average Bonchev–Trinajstić information content (AvgIpc) is 3.22. The van der Waals surface area contributed by atoms with Gasteiger partial charge in [0.15, 0.2) is 0 Å². The van der Waals surface area contributed by atoms with E-state index in [2.05, 4.69) is 25.2 Å². The van der Waals surface area contributed by atoms with E-state index in [0.29, 0.717) is 40.4 Å². The second kappa shape index (κ2) is 8.76. The lowest BCUT2D eigenvalue weighted by Crippen LogP contribution is -2.14. The largest absolute Gasteiger partial charge is 0.489 e. The molecule has 0 bridgehead atoms. The lowest BCUT2D eigenvalue weighted by Gasteiger charge is -2.19. The van der Waals surface area contributed by atoms with Crippen LogP contribution in [0.25, 0.3) is 33.1 Å². The van der Waals surface area contributed by atoms with Crippen molar-refractivity contribution in [1.29, 1.82) is 0 Å². The number of hydrogen-bond donors (Lipinski definition) is 2. The zero-order chi connectivity index (χ0) is 24.8. The normalized spacial score (nSPS) is 16.6. The van der Waals surface area contributed by atoms with Crippen LogP contribution in [0.4, 0.5) is 8.78 Å². The Morgan fingerprint density at radius 2 is 1.91 bits per heavy atom. The minimum atomic E-state index is -5.78. The molecule has 35 heavy (non-hydrogen) atoms. The fourth-order valence-corrected chi connectivity index (χ4v) is 4.76. The Hall–Kier alpha value is -3.25. The number of allylic oxidation sites excluding steroid dienone is 2. The molecule has 1 aliphatic rings. The highest BCUT2D eigenvalue weighted by molar-refractivity contribution is 7.52. The number of rotatable bonds is 6. The molecule has 0 amide bonds. The van der Waals surface area contributed by atoms with Crippen molar-refractivity contribution < 1.29 is 32.3 Å². The van der Waals surface area contributed by atoms with E-state index in [0.717, 1.165) is 18.1 Å². The summed E-state index contributed by atoms with van der Waals surface area (Å²) >= 11 is 0. The Morgan fingerprint density at radius 1 is 1.11 bits per heavy atom. The maximum Gasteiger partial charge on any atom is 0.399 e. The fraction of sp³-hybridized carbons (Fsp3) is 0.185. The van der Waals surface area contributed by atoms with E-state index in [1.54, 1.807) is 42.5 Å². The standard InChI is InChI=1S/C27H23F2O5P/c1-17-9-11-18(12-10-17)16-33-20-6-4-5-19(15-20)21-13-14-23(27(28,29)35(30,31)32)25-22-7-2-3-8-24(22)34-26(21)25/h2-9,11-15,17H,10,16H2,1H3,(H2,30,31,32). The predicted molar refractivity (Wildman–Crippen MR) is 132 cm³/mol. The second-order valence-electron chi connectivity index (χ2n) is 8.72. The highest BCUT2D eigenvalue weighted by Gasteiger charge is 2.51. The van der Waals surface area contributed by atoms with Gasteiger partial charge in [0.1, 0.15) is 23.5 Å². The minimum absolute atomic E-state index is 0.0237. The summed E-state index contributed by atoms with van der Waals surface area (Å²) in [5.41, 5.74) is -2.42. The van der Waals surface area contributed by atoms with Crippen molar-refractivity contribution in [2.75, 3.05) is 6.61 Å². The van der Waals surface area contributed by atoms with E-state index in [4.69, 9.17) is 9.15 Å². The zero-order valence-electron chi connectivity index (χ0n) is 18.8. The molecule has 5 rings (SSSR count). The van der Waals surface area contributed by atoms with Gasteiger partial charge in [-0.1, -0.05) is 67.6 Å². The molecule has 0 saturated carbocycles. The van der Waals surface area contributed by atoms with Crippen LogP contribution < -0.4 is 4.74 Å². The van der Waals surface area contributed by atoms with Gasteiger partial charge in [-0.25, -0.2) is 0 Å². The van der Waals surface area contributed by atoms with E-state index in [1.807, 2.05) is 6.07 Å². The third kappa shape index (κ3) is 4.31. The van der Waals surface area contributed by atoms with Crippen molar-refractivity contribution in [3.63, 3.8) is 0 Å². The van der Waals surface area contributed by atoms with E-state index >= 15 is 0 Å². The summed E-state index contributed by atoms with van der Waals surface area (Å²) in [6.07, 6.45) is 7.30. The minimum Gasteiger partial charge on any atom is -0.489 e. The van der Waals surface area contributed by atoms with Gasteiger partial charge >= 0.3 is 13.3 Å². The molecule has 0 spiro atoms. The van der Waals surface area contributed by atoms with Crippen LogP contribution in [0.1, 0.15) is 18.9 Å². The van der Waals surface area contributed by atoms with Gasteiger partial charge in [-0.05, 0) is 41.7 Å². The van der Waals surface area contributed by atoms with Crippen LogP contribution in [-0.4, -0.2) is 16.4 Å². The molecule has 0 aliphatic heterocycles. The van der Waals surface area contributed by atoms with Gasteiger partial charge in [0, 0.05) is 21.9 Å². The number of benzene rings is 3. The second-order valence-corrected chi connectivity index (χ2v) is 10.4. The van der Waals surface area contributed by atoms with Gasteiger partial charge in [-0.15, -0.1) is 0 Å². The summed E-state index contributed by atoms with van der Waals surface area (Å²) in [5.74, 6) is 1.11. The van der Waals surface area contributed by atoms with Gasteiger partial charge in [-0.3, -0.25) is 4.57 Å². The molecule has 180 valence electrons. The number of fused-ring (bicyclic) bond motifs is 3. The molecule has 8 heteroatoms. The Morgan fingerprint density at radius 3 is 2.66 bits per heavy atom. The first-order valence-corrected chi connectivity index (χ1v) is 12.7. The van der Waals surface area contributed by atoms with Crippen LogP contribution >= 0.6 is 7.60 Å². The van der Waals surface area contributed by atoms with E-state index in [9.17, 15) is 23.1 Å². The molecule has 0 saturated heterocycles. The van der Waals surface area contributed by atoms with Crippen LogP contribution in [0.3, 0.4) is 0 Å². The Balaban J connectivity index is 1.59. The molecule has 1 aliphatic carbocycles. The summed E-state index contributed by atoms with van der Waals surface area (Å²) in [5, 5.41) is 0.328. The van der Waals surface area contributed by atoms with Crippen LogP contribution in [0.2, 0.25) is 0 Å². The number of para-hydroxylation sites is 1. The smallest absolute Gasteiger partial charge is 0.399 e. The Kier molecular flexibility index (Phi) is 5.88. The van der Waals surface area contributed by atoms with Crippen molar-refractivity contribution >= 4 is 29.5 Å². The topological polar surface area (TPSA) is 79.9 Å². The molecule has 1 heterocycles. The Bertz CT molecular complexity index is 1530. The van der Waals surface area contributed by atoms with E-state index in [1.165, 1.54) is 6.07 Å². The number of hydrogen-bond acceptors (Lipinski definition) is 3. The third-order valence-electron chi connectivity index (χ3n) is 6.16. The lowest BCUT2D eigenvalue weighted by molar-refractivity contribution is 0.0579. The molecule has 5 nitrogen and oxygen atoms in total. The number of halogens is 2. The van der Waals surface area contributed by atoms with Gasteiger partial charge in [0.05, 0.1) is 0 Å². The maximum absolute atomic E-state index is 14.9. The summed E-state index contributed by atoms with van der Waals surface area (Å²) in [6, 6.07) is 16.2. The van der Waals surface area contributed by atoms with Crippen LogP contribution in [0.5, 0.6) is 5.75 Å². The van der Waals surface area contributed by atoms with Crippen LogP contribution in [-0.2, 0) is 10.2 Å². The van der Waals surface area contributed by atoms with E-state index < -0.39 is 18.8 Å². The highest BCUT2D eigenvalue weighted by atomic mass is 31.2. The Labute approximate surface area is 200 Å². The SMILES string of the molecule is CC1C=CC(COc2cccc(-c3ccc(C(F)(F)P(=O)(O)O)c4c3oc3ccccc34)c2)=CC1. The summed E-state index contributed by atoms with van der Waals surface area (Å²) in [4.78, 5) is 18.8. The quantitative estimate of drug-likeness (QED) is 0.272. The monoisotopic (exact) mass is 496 g/mol. The van der Waals surface area contributed by atoms with Gasteiger partial charge in [-0.2, -0.15) is 8.78 Å². The maximum atomic E-state index is 14.9. The first kappa shape index (κ1) is 23.5. The van der Waals surface area contributed by atoms with Crippen molar-refractivity contribution in [2.45, 2.75) is 19.0 Å². The molecule has 4 aromatic rings. The van der Waals surface area contributed by atoms with Crippen LogP contribution in [0.15, 0.2) is 88.9 Å². The number of alkyl halides is 2. The van der Waals surface area contributed by atoms with Gasteiger partial charge in [0.25, 0.3) is 0 Å². The third-order valence-corrected chi connectivity index (χ3v) is 7.13. The molecule has 1 unspecified atom stereocenters. The fourth-order valence-electron chi connectivity index (χ4n) is 4.26. The van der Waals surface area contributed by atoms with Crippen molar-refractivity contribution in [3.8, 4) is 16.9 Å². The van der Waals surface area contributed by atoms with Crippen LogP contribution in [0, 0.1) is 5.92 Å². The van der Waals surface area contributed by atoms with Gasteiger partial charge in [0.2, 0.25) is 0 Å². The zero-order valence-corrected chi connectivity index (χ0v) is 19.7. The van der Waals surface area contributed by atoms with Crippen molar-refractivity contribution in [1.82, 2.24) is 0 Å². The van der Waals surface area contributed by atoms with E-state index in [-0.39, 0.29) is 11.0 Å². The molecule has 1 aromatic heterocycles. The molecule has 2 N–H and O–H groups in total. The summed E-state index contributed by atoms with van der Waals surface area (Å²) in [6.45, 7) is 2.55. The van der Waals surface area contributed by atoms with Crippen molar-refractivity contribution in [2.24, 2.45) is 5.92 Å². The van der Waals surface area contributed by atoms with Crippen molar-refractivity contribution in [3.05, 3.63) is 90.0 Å². The predicted octanol–water partition coefficient (Wildman–Crippen LogP) is 7.38. The summed E-state index contributed by atoms with van der Waals surface area (Å²) in [7, 11) is -5.78. The first-order valence-electron chi connectivity index (χ1n) is 11.1. The number of ether oxygens (including phenoxy) is 1. The average molecular weight is 496 g/mol. The highest BCUT2D eigenvalue weighted by Crippen LogP contribution is 2.61. The lowest BCUT2D eigenvalue weighted by atomic mass is 9.98. The molecule has 0 fully saturated rings. The summed E-state index contributed by atoms with van der Waals surface area (Å²) < 4.78 is 53.3.